The molecule has 1 saturated carbocycles. The summed E-state index contributed by atoms with van der Waals surface area (Å²) in [5.41, 5.74) is 1.11. The highest BCUT2D eigenvalue weighted by molar-refractivity contribution is 7.99. The second kappa shape index (κ2) is 4.88. The van der Waals surface area contributed by atoms with Gasteiger partial charge in [-0.2, -0.15) is 0 Å². The molecule has 3 nitrogen and oxygen atoms in total. The summed E-state index contributed by atoms with van der Waals surface area (Å²) in [6.45, 7) is 0. The standard InChI is InChI=1S/C15H16FN3S/c16-12-9-13(10-5-2-1-3-6-10)19-14(12)17-15(18-19)20-11-7-4-8-11/h1-3,5-6,11-13H,4,7-9H2. The van der Waals surface area contributed by atoms with Gasteiger partial charge >= 0.3 is 0 Å². The molecule has 0 saturated heterocycles. The van der Waals surface area contributed by atoms with Gasteiger partial charge in [-0.05, 0) is 18.4 Å². The Bertz CT molecular complexity index is 609. The number of fused-ring (bicyclic) bond motifs is 1. The highest BCUT2D eigenvalue weighted by Crippen LogP contribution is 2.42. The fourth-order valence-corrected chi connectivity index (χ4v) is 3.95. The number of nitrogens with zero attached hydrogens (tertiary/aromatic N) is 3. The zero-order valence-electron chi connectivity index (χ0n) is 11.1. The van der Waals surface area contributed by atoms with Gasteiger partial charge in [0.05, 0.1) is 6.04 Å². The van der Waals surface area contributed by atoms with E-state index in [1.165, 1.54) is 19.3 Å². The molecule has 0 N–H and O–H groups in total. The van der Waals surface area contributed by atoms with Gasteiger partial charge in [-0.15, -0.1) is 5.10 Å². The second-order valence-corrected chi connectivity index (χ2v) is 6.77. The van der Waals surface area contributed by atoms with Crippen LogP contribution in [0.25, 0.3) is 0 Å². The summed E-state index contributed by atoms with van der Waals surface area (Å²) >= 11 is 1.70. The first-order chi connectivity index (χ1) is 9.81. The molecule has 2 heterocycles. The van der Waals surface area contributed by atoms with Gasteiger partial charge in [-0.1, -0.05) is 48.5 Å². The predicted molar refractivity (Wildman–Crippen MR) is 76.6 cm³/mol. The molecule has 0 radical (unpaired) electrons. The Hall–Kier alpha value is -1.36. The Morgan fingerprint density at radius 1 is 1.20 bits per heavy atom. The lowest BCUT2D eigenvalue weighted by atomic mass is 10.0. The number of rotatable bonds is 3. The zero-order valence-corrected chi connectivity index (χ0v) is 11.9. The van der Waals surface area contributed by atoms with Crippen LogP contribution in [0.15, 0.2) is 35.5 Å². The van der Waals surface area contributed by atoms with Gasteiger partial charge in [-0.3, -0.25) is 0 Å². The number of thioether (sulfide) groups is 1. The van der Waals surface area contributed by atoms with Gasteiger partial charge in [0.15, 0.2) is 12.0 Å². The molecular weight excluding hydrogens is 273 g/mol. The van der Waals surface area contributed by atoms with Crippen molar-refractivity contribution in [2.75, 3.05) is 0 Å². The molecule has 2 aromatic rings. The van der Waals surface area contributed by atoms with Crippen LogP contribution in [-0.2, 0) is 0 Å². The molecule has 5 heteroatoms. The molecule has 2 atom stereocenters. The first-order valence-corrected chi connectivity index (χ1v) is 8.01. The van der Waals surface area contributed by atoms with Crippen LogP contribution in [0, 0.1) is 0 Å². The fourth-order valence-electron chi connectivity index (χ4n) is 2.80. The van der Waals surface area contributed by atoms with Crippen molar-refractivity contribution < 1.29 is 4.39 Å². The van der Waals surface area contributed by atoms with Crippen molar-refractivity contribution in [2.45, 2.75) is 48.3 Å². The second-order valence-electron chi connectivity index (χ2n) is 5.50. The molecule has 1 aromatic carbocycles. The Balaban J connectivity index is 1.64. The maximum atomic E-state index is 14.2. The molecule has 0 bridgehead atoms. The van der Waals surface area contributed by atoms with Crippen LogP contribution in [0.2, 0.25) is 0 Å². The summed E-state index contributed by atoms with van der Waals surface area (Å²) in [5.74, 6) is 0.501. The van der Waals surface area contributed by atoms with Crippen LogP contribution in [0.3, 0.4) is 0 Å². The van der Waals surface area contributed by atoms with Crippen LogP contribution in [0.4, 0.5) is 4.39 Å². The number of benzene rings is 1. The number of halogens is 1. The van der Waals surface area contributed by atoms with E-state index >= 15 is 0 Å². The topological polar surface area (TPSA) is 30.7 Å². The third-order valence-corrected chi connectivity index (χ3v) is 5.34. The van der Waals surface area contributed by atoms with Gasteiger partial charge in [0.2, 0.25) is 5.16 Å². The lowest BCUT2D eigenvalue weighted by Crippen LogP contribution is -2.13. The summed E-state index contributed by atoms with van der Waals surface area (Å²) in [5, 5.41) is 5.92. The number of hydrogen-bond acceptors (Lipinski definition) is 3. The van der Waals surface area contributed by atoms with E-state index in [1.807, 2.05) is 30.3 Å². The lowest BCUT2D eigenvalue weighted by molar-refractivity contribution is 0.327. The van der Waals surface area contributed by atoms with Gasteiger partial charge in [-0.25, -0.2) is 14.1 Å². The summed E-state index contributed by atoms with van der Waals surface area (Å²) in [7, 11) is 0. The number of alkyl halides is 1. The monoisotopic (exact) mass is 289 g/mol. The molecule has 1 aliphatic carbocycles. The Labute approximate surface area is 121 Å². The Morgan fingerprint density at radius 2 is 2.00 bits per heavy atom. The smallest absolute Gasteiger partial charge is 0.209 e. The molecule has 2 aliphatic rings. The Morgan fingerprint density at radius 3 is 2.70 bits per heavy atom. The molecule has 1 aromatic heterocycles. The molecule has 104 valence electrons. The quantitative estimate of drug-likeness (QED) is 0.858. The molecule has 20 heavy (non-hydrogen) atoms. The minimum absolute atomic E-state index is 0.00978. The van der Waals surface area contributed by atoms with Crippen LogP contribution in [0.1, 0.15) is 49.3 Å². The van der Waals surface area contributed by atoms with Crippen molar-refractivity contribution in [2.24, 2.45) is 0 Å². The van der Waals surface area contributed by atoms with E-state index in [9.17, 15) is 4.39 Å². The first kappa shape index (κ1) is 12.4. The average molecular weight is 289 g/mol. The highest BCUT2D eigenvalue weighted by atomic mass is 32.2. The molecular formula is C15H16FN3S. The van der Waals surface area contributed by atoms with Crippen molar-refractivity contribution in [3.8, 4) is 0 Å². The van der Waals surface area contributed by atoms with Crippen molar-refractivity contribution in [3.63, 3.8) is 0 Å². The van der Waals surface area contributed by atoms with Crippen molar-refractivity contribution >= 4 is 11.8 Å². The van der Waals surface area contributed by atoms with E-state index in [4.69, 9.17) is 0 Å². The molecule has 0 spiro atoms. The summed E-state index contributed by atoms with van der Waals surface area (Å²) in [6, 6.07) is 10.0. The maximum Gasteiger partial charge on any atom is 0.209 e. The fraction of sp³-hybridized carbons (Fsp3) is 0.467. The van der Waals surface area contributed by atoms with E-state index in [2.05, 4.69) is 10.1 Å². The first-order valence-electron chi connectivity index (χ1n) is 7.13. The summed E-state index contributed by atoms with van der Waals surface area (Å²) in [4.78, 5) is 4.41. The SMILES string of the molecule is FC1CC(c2ccccc2)n2nc(SC3CCC3)nc21. The van der Waals surface area contributed by atoms with E-state index in [0.717, 1.165) is 10.7 Å². The molecule has 2 unspecified atom stereocenters. The minimum atomic E-state index is -0.997. The third kappa shape index (κ3) is 2.04. The predicted octanol–water partition coefficient (Wildman–Crippen LogP) is 3.93. The molecule has 0 amide bonds. The molecule has 1 fully saturated rings. The van der Waals surface area contributed by atoms with Crippen molar-refractivity contribution in [1.29, 1.82) is 0 Å². The van der Waals surface area contributed by atoms with Gasteiger partial charge in [0.25, 0.3) is 0 Å². The Kier molecular flexibility index (Phi) is 3.02. The highest BCUT2D eigenvalue weighted by Gasteiger charge is 2.36. The van der Waals surface area contributed by atoms with Gasteiger partial charge < -0.3 is 0 Å². The van der Waals surface area contributed by atoms with Crippen LogP contribution in [0.5, 0.6) is 0 Å². The summed E-state index contributed by atoms with van der Waals surface area (Å²) < 4.78 is 16.0. The van der Waals surface area contributed by atoms with Crippen molar-refractivity contribution in [3.05, 3.63) is 41.7 Å². The zero-order chi connectivity index (χ0) is 13.5. The van der Waals surface area contributed by atoms with Crippen LogP contribution < -0.4 is 0 Å². The van der Waals surface area contributed by atoms with E-state index in [0.29, 0.717) is 17.5 Å². The van der Waals surface area contributed by atoms with E-state index in [-0.39, 0.29) is 6.04 Å². The average Bonchev–Trinajstić information content (AvgIpc) is 2.96. The third-order valence-electron chi connectivity index (χ3n) is 4.15. The minimum Gasteiger partial charge on any atom is -0.239 e. The number of aromatic nitrogens is 3. The normalized spacial score (nSPS) is 25.4. The summed E-state index contributed by atoms with van der Waals surface area (Å²) in [6.07, 6.45) is 3.21. The number of hydrogen-bond donors (Lipinski definition) is 0. The largest absolute Gasteiger partial charge is 0.239 e. The molecule has 4 rings (SSSR count). The van der Waals surface area contributed by atoms with E-state index in [1.54, 1.807) is 16.4 Å². The lowest BCUT2D eigenvalue weighted by Gasteiger charge is -2.22. The van der Waals surface area contributed by atoms with Gasteiger partial charge in [0.1, 0.15) is 0 Å². The van der Waals surface area contributed by atoms with Crippen LogP contribution >= 0.6 is 11.8 Å². The van der Waals surface area contributed by atoms with Crippen LogP contribution in [-0.4, -0.2) is 20.0 Å². The van der Waals surface area contributed by atoms with Crippen molar-refractivity contribution in [1.82, 2.24) is 14.8 Å². The molecule has 1 aliphatic heterocycles. The maximum absolute atomic E-state index is 14.2. The van der Waals surface area contributed by atoms with E-state index < -0.39 is 6.17 Å². The van der Waals surface area contributed by atoms with Gasteiger partial charge in [0, 0.05) is 11.7 Å².